The summed E-state index contributed by atoms with van der Waals surface area (Å²) in [6.07, 6.45) is 3.39. The molecule has 0 atom stereocenters. The van der Waals surface area contributed by atoms with Gasteiger partial charge in [-0.3, -0.25) is 9.78 Å². The molecule has 0 aliphatic rings. The summed E-state index contributed by atoms with van der Waals surface area (Å²) in [6, 6.07) is 8.99. The molecule has 3 rings (SSSR count). The van der Waals surface area contributed by atoms with Gasteiger partial charge in [0.2, 0.25) is 0 Å². The van der Waals surface area contributed by atoms with Gasteiger partial charge in [0.05, 0.1) is 7.11 Å². The number of ether oxygens (including phenoxy) is 1. The smallest absolute Gasteiger partial charge is 0.346 e. The standard InChI is InChI=1S/C16H11NO4S/c1-21-15(19)13-14(18)11-5-4-9(7-12(11)22-16(13)20)10-3-2-6-17-8-10/h2-8,18H,1H3. The Bertz CT molecular complexity index is 919. The molecule has 6 heteroatoms. The maximum atomic E-state index is 12.0. The van der Waals surface area contributed by atoms with E-state index in [2.05, 4.69) is 9.72 Å². The quantitative estimate of drug-likeness (QED) is 0.736. The SMILES string of the molecule is COC(=O)c1c(O)c2ccc(-c3cccnc3)cc2sc1=O. The van der Waals surface area contributed by atoms with Crippen LogP contribution >= 0.6 is 11.3 Å². The molecule has 0 radical (unpaired) electrons. The summed E-state index contributed by atoms with van der Waals surface area (Å²) in [5.41, 5.74) is 1.45. The molecule has 0 saturated heterocycles. The minimum absolute atomic E-state index is 0.325. The van der Waals surface area contributed by atoms with Crippen molar-refractivity contribution >= 4 is 27.4 Å². The molecule has 1 aromatic carbocycles. The average molecular weight is 313 g/mol. The third kappa shape index (κ3) is 2.33. The van der Waals surface area contributed by atoms with E-state index in [1.54, 1.807) is 30.6 Å². The number of pyridine rings is 1. The van der Waals surface area contributed by atoms with Crippen LogP contribution in [0.1, 0.15) is 10.4 Å². The van der Waals surface area contributed by atoms with Gasteiger partial charge in [0.1, 0.15) is 5.75 Å². The Labute approximate surface area is 129 Å². The Morgan fingerprint density at radius 2 is 2.09 bits per heavy atom. The molecule has 0 unspecified atom stereocenters. The van der Waals surface area contributed by atoms with Crippen LogP contribution in [0.5, 0.6) is 5.75 Å². The summed E-state index contributed by atoms with van der Waals surface area (Å²) in [4.78, 5) is 27.7. The highest BCUT2D eigenvalue weighted by Gasteiger charge is 2.20. The van der Waals surface area contributed by atoms with Crippen LogP contribution < -0.4 is 4.74 Å². The maximum Gasteiger partial charge on any atom is 0.346 e. The van der Waals surface area contributed by atoms with E-state index in [1.807, 2.05) is 12.1 Å². The van der Waals surface area contributed by atoms with Crippen molar-refractivity contribution in [1.29, 1.82) is 0 Å². The van der Waals surface area contributed by atoms with Crippen molar-refractivity contribution in [3.63, 3.8) is 0 Å². The topological polar surface area (TPSA) is 76.5 Å². The number of esters is 1. The van der Waals surface area contributed by atoms with Crippen LogP contribution in [-0.4, -0.2) is 23.2 Å². The molecule has 3 aromatic rings. The largest absolute Gasteiger partial charge is 0.506 e. The number of benzene rings is 1. The monoisotopic (exact) mass is 313 g/mol. The lowest BCUT2D eigenvalue weighted by molar-refractivity contribution is 0.0597. The third-order valence-corrected chi connectivity index (χ3v) is 4.21. The second-order valence-corrected chi connectivity index (χ2v) is 5.57. The summed E-state index contributed by atoms with van der Waals surface area (Å²) in [5.74, 6) is -1.18. The molecular weight excluding hydrogens is 302 g/mol. The highest BCUT2D eigenvalue weighted by Crippen LogP contribution is 2.32. The van der Waals surface area contributed by atoms with Crippen molar-refractivity contribution < 1.29 is 14.6 Å². The number of aromatic hydroxyl groups is 1. The van der Waals surface area contributed by atoms with Gasteiger partial charge in [-0.1, -0.05) is 23.5 Å². The average Bonchev–Trinajstić information content (AvgIpc) is 2.55. The van der Waals surface area contributed by atoms with E-state index in [9.17, 15) is 14.7 Å². The van der Waals surface area contributed by atoms with Crippen LogP contribution in [0.25, 0.3) is 21.2 Å². The molecule has 0 aliphatic heterocycles. The zero-order valence-corrected chi connectivity index (χ0v) is 12.4. The Morgan fingerprint density at radius 1 is 1.27 bits per heavy atom. The first kappa shape index (κ1) is 14.2. The van der Waals surface area contributed by atoms with E-state index in [-0.39, 0.29) is 11.3 Å². The lowest BCUT2D eigenvalue weighted by atomic mass is 10.1. The van der Waals surface area contributed by atoms with Crippen LogP contribution in [0.3, 0.4) is 0 Å². The Hall–Kier alpha value is -2.73. The second kappa shape index (κ2) is 5.57. The highest BCUT2D eigenvalue weighted by molar-refractivity contribution is 7.16. The van der Waals surface area contributed by atoms with E-state index in [0.29, 0.717) is 10.1 Å². The van der Waals surface area contributed by atoms with Gasteiger partial charge in [-0.2, -0.15) is 0 Å². The fourth-order valence-corrected chi connectivity index (χ4v) is 3.12. The minimum Gasteiger partial charge on any atom is -0.506 e. The minimum atomic E-state index is -0.836. The fraction of sp³-hybridized carbons (Fsp3) is 0.0625. The molecule has 0 spiro atoms. The number of rotatable bonds is 2. The molecular formula is C16H11NO4S. The first-order valence-corrected chi connectivity index (χ1v) is 7.22. The van der Waals surface area contributed by atoms with Crippen LogP contribution in [0.15, 0.2) is 47.5 Å². The molecule has 2 aromatic heterocycles. The number of carbonyl (C=O) groups is 1. The number of nitrogens with zero attached hydrogens (tertiary/aromatic N) is 1. The van der Waals surface area contributed by atoms with Crippen molar-refractivity contribution in [2.45, 2.75) is 0 Å². The number of hydrogen-bond donors (Lipinski definition) is 1. The summed E-state index contributed by atoms with van der Waals surface area (Å²) >= 11 is 0.898. The van der Waals surface area contributed by atoms with Crippen molar-refractivity contribution in [2.24, 2.45) is 0 Å². The van der Waals surface area contributed by atoms with Crippen molar-refractivity contribution in [3.05, 3.63) is 57.8 Å². The molecule has 0 amide bonds. The highest BCUT2D eigenvalue weighted by atomic mass is 32.1. The van der Waals surface area contributed by atoms with E-state index in [4.69, 9.17) is 0 Å². The van der Waals surface area contributed by atoms with Crippen LogP contribution in [0, 0.1) is 0 Å². The van der Waals surface area contributed by atoms with E-state index < -0.39 is 10.7 Å². The number of carbonyl (C=O) groups excluding carboxylic acids is 1. The molecule has 22 heavy (non-hydrogen) atoms. The van der Waals surface area contributed by atoms with Gasteiger partial charge in [0, 0.05) is 28.0 Å². The fourth-order valence-electron chi connectivity index (χ4n) is 2.18. The Balaban J connectivity index is 2.24. The van der Waals surface area contributed by atoms with Crippen molar-refractivity contribution in [2.75, 3.05) is 7.11 Å². The molecule has 0 saturated carbocycles. The summed E-state index contributed by atoms with van der Waals surface area (Å²) < 4.78 is 4.61. The van der Waals surface area contributed by atoms with Crippen LogP contribution in [-0.2, 0) is 4.74 Å². The van der Waals surface area contributed by atoms with Gasteiger partial charge in [-0.05, 0) is 23.8 Å². The second-order valence-electron chi connectivity index (χ2n) is 4.56. The van der Waals surface area contributed by atoms with Crippen molar-refractivity contribution in [3.8, 4) is 16.9 Å². The van der Waals surface area contributed by atoms with Gasteiger partial charge >= 0.3 is 5.97 Å². The predicted molar refractivity (Wildman–Crippen MR) is 84.3 cm³/mol. The van der Waals surface area contributed by atoms with Crippen LogP contribution in [0.2, 0.25) is 0 Å². The normalized spacial score (nSPS) is 10.6. The number of fused-ring (bicyclic) bond motifs is 1. The predicted octanol–water partition coefficient (Wildman–Crippen LogP) is 2.82. The molecule has 110 valence electrons. The van der Waals surface area contributed by atoms with Gasteiger partial charge in [0.15, 0.2) is 5.56 Å². The molecule has 0 bridgehead atoms. The molecule has 5 nitrogen and oxygen atoms in total. The van der Waals surface area contributed by atoms with E-state index in [1.165, 1.54) is 7.11 Å². The summed E-state index contributed by atoms with van der Waals surface area (Å²) in [5, 5.41) is 10.6. The molecule has 0 fully saturated rings. The molecule has 1 N–H and O–H groups in total. The van der Waals surface area contributed by atoms with Crippen LogP contribution in [0.4, 0.5) is 0 Å². The number of aromatic nitrogens is 1. The lowest BCUT2D eigenvalue weighted by Gasteiger charge is -2.07. The molecule has 0 aliphatic carbocycles. The van der Waals surface area contributed by atoms with Gasteiger partial charge < -0.3 is 9.84 Å². The number of hydrogen-bond acceptors (Lipinski definition) is 6. The van der Waals surface area contributed by atoms with Gasteiger partial charge in [-0.15, -0.1) is 0 Å². The zero-order valence-electron chi connectivity index (χ0n) is 11.6. The third-order valence-electron chi connectivity index (χ3n) is 3.26. The van der Waals surface area contributed by atoms with Gasteiger partial charge in [0.25, 0.3) is 4.74 Å². The summed E-state index contributed by atoms with van der Waals surface area (Å²) in [7, 11) is 1.17. The Kier molecular flexibility index (Phi) is 3.60. The lowest BCUT2D eigenvalue weighted by Crippen LogP contribution is -2.13. The first-order chi connectivity index (χ1) is 10.6. The maximum absolute atomic E-state index is 12.0. The Morgan fingerprint density at radius 3 is 2.77 bits per heavy atom. The summed E-state index contributed by atoms with van der Waals surface area (Å²) in [6.45, 7) is 0. The number of methoxy groups -OCH3 is 1. The van der Waals surface area contributed by atoms with Gasteiger partial charge in [-0.25, -0.2) is 4.79 Å². The first-order valence-electron chi connectivity index (χ1n) is 6.40. The van der Waals surface area contributed by atoms with E-state index in [0.717, 1.165) is 22.5 Å². The zero-order chi connectivity index (χ0) is 15.7. The molecule has 2 heterocycles. The van der Waals surface area contributed by atoms with E-state index >= 15 is 0 Å². The van der Waals surface area contributed by atoms with Crippen molar-refractivity contribution in [1.82, 2.24) is 4.98 Å².